The van der Waals surface area contributed by atoms with E-state index in [2.05, 4.69) is 39.5 Å². The molecular weight excluding hydrogens is 448 g/mol. The number of nitrogens with one attached hydrogen (secondary N) is 2. The molecule has 176 valence electrons. The molecular formula is C27H29ClN4O2. The van der Waals surface area contributed by atoms with Crippen LogP contribution >= 0.6 is 11.6 Å². The summed E-state index contributed by atoms with van der Waals surface area (Å²) in [6.45, 7) is 1.04. The number of hydrogen-bond acceptors (Lipinski definition) is 3. The Morgan fingerprint density at radius 3 is 2.56 bits per heavy atom. The lowest BCUT2D eigenvalue weighted by Gasteiger charge is -2.24. The van der Waals surface area contributed by atoms with Crippen LogP contribution in [0.15, 0.2) is 72.9 Å². The minimum Gasteiger partial charge on any atom is -0.497 e. The minimum absolute atomic E-state index is 0.170. The SMILES string of the molecule is COc1ccc2[nH]cc(CCN(Cc3ccc(N(C)C)cc3)C(=O)Nc3cccc(Cl)c3)c2c1. The average molecular weight is 477 g/mol. The molecule has 0 aliphatic rings. The summed E-state index contributed by atoms with van der Waals surface area (Å²) >= 11 is 6.10. The van der Waals surface area contributed by atoms with Crippen molar-refractivity contribution in [3.05, 3.63) is 89.1 Å². The third kappa shape index (κ3) is 5.64. The Hall–Kier alpha value is -3.64. The Bertz CT molecular complexity index is 1270. The number of carbonyl (C=O) groups excluding carboxylic acids is 1. The maximum absolute atomic E-state index is 13.3. The molecule has 0 spiro atoms. The van der Waals surface area contributed by atoms with Gasteiger partial charge in [-0.2, -0.15) is 0 Å². The third-order valence-electron chi connectivity index (χ3n) is 5.81. The lowest BCUT2D eigenvalue weighted by Crippen LogP contribution is -2.36. The van der Waals surface area contributed by atoms with Crippen molar-refractivity contribution in [2.75, 3.05) is 38.0 Å². The first-order valence-corrected chi connectivity index (χ1v) is 11.5. The number of H-pyrrole nitrogens is 1. The number of carbonyl (C=O) groups is 1. The van der Waals surface area contributed by atoms with E-state index in [0.717, 1.165) is 33.5 Å². The van der Waals surface area contributed by atoms with Gasteiger partial charge in [0.2, 0.25) is 0 Å². The van der Waals surface area contributed by atoms with Gasteiger partial charge in [-0.15, -0.1) is 0 Å². The third-order valence-corrected chi connectivity index (χ3v) is 6.05. The number of benzene rings is 3. The summed E-state index contributed by atoms with van der Waals surface area (Å²) in [5.74, 6) is 0.810. The van der Waals surface area contributed by atoms with Gasteiger partial charge in [-0.05, 0) is 66.1 Å². The van der Waals surface area contributed by atoms with Crippen molar-refractivity contribution in [1.82, 2.24) is 9.88 Å². The number of ether oxygens (including phenoxy) is 1. The summed E-state index contributed by atoms with van der Waals surface area (Å²) in [5.41, 5.74) is 5.03. The van der Waals surface area contributed by atoms with Crippen LogP contribution in [-0.4, -0.2) is 43.7 Å². The molecule has 0 saturated heterocycles. The highest BCUT2D eigenvalue weighted by molar-refractivity contribution is 6.30. The van der Waals surface area contributed by atoms with Crippen molar-refractivity contribution < 1.29 is 9.53 Å². The van der Waals surface area contributed by atoms with Crippen molar-refractivity contribution in [2.24, 2.45) is 0 Å². The molecule has 0 radical (unpaired) electrons. The molecule has 6 nitrogen and oxygen atoms in total. The van der Waals surface area contributed by atoms with Crippen LogP contribution in [0.2, 0.25) is 5.02 Å². The van der Waals surface area contributed by atoms with Gasteiger partial charge >= 0.3 is 6.03 Å². The predicted octanol–water partition coefficient (Wildman–Crippen LogP) is 6.17. The Morgan fingerprint density at radius 2 is 1.85 bits per heavy atom. The van der Waals surface area contributed by atoms with Crippen LogP contribution in [0.4, 0.5) is 16.2 Å². The summed E-state index contributed by atoms with van der Waals surface area (Å²) in [6.07, 6.45) is 2.70. The van der Waals surface area contributed by atoms with Crippen LogP contribution in [0, 0.1) is 0 Å². The molecule has 1 heterocycles. The number of aromatic nitrogens is 1. The van der Waals surface area contributed by atoms with Crippen molar-refractivity contribution in [2.45, 2.75) is 13.0 Å². The summed E-state index contributed by atoms with van der Waals surface area (Å²) in [4.78, 5) is 20.5. The van der Waals surface area contributed by atoms with Crippen LogP contribution in [0.5, 0.6) is 5.75 Å². The van der Waals surface area contributed by atoms with Gasteiger partial charge in [-0.25, -0.2) is 4.79 Å². The number of rotatable bonds is 8. The van der Waals surface area contributed by atoms with Crippen molar-refractivity contribution in [3.63, 3.8) is 0 Å². The molecule has 4 rings (SSSR count). The van der Waals surface area contributed by atoms with Gasteiger partial charge in [0.05, 0.1) is 7.11 Å². The second-order valence-electron chi connectivity index (χ2n) is 8.40. The number of fused-ring (bicyclic) bond motifs is 1. The van der Waals surface area contributed by atoms with Crippen LogP contribution in [0.25, 0.3) is 10.9 Å². The first-order valence-electron chi connectivity index (χ1n) is 11.1. The average Bonchev–Trinajstić information content (AvgIpc) is 3.24. The van der Waals surface area contributed by atoms with Crippen LogP contribution in [0.3, 0.4) is 0 Å². The van der Waals surface area contributed by atoms with E-state index in [9.17, 15) is 4.79 Å². The number of urea groups is 1. The van der Waals surface area contributed by atoms with E-state index in [1.165, 1.54) is 0 Å². The molecule has 4 aromatic rings. The number of hydrogen-bond donors (Lipinski definition) is 2. The molecule has 3 aromatic carbocycles. The smallest absolute Gasteiger partial charge is 0.322 e. The fourth-order valence-electron chi connectivity index (χ4n) is 3.89. The second-order valence-corrected chi connectivity index (χ2v) is 8.83. The fourth-order valence-corrected chi connectivity index (χ4v) is 4.08. The quantitative estimate of drug-likeness (QED) is 0.319. The summed E-state index contributed by atoms with van der Waals surface area (Å²) in [5, 5.41) is 4.67. The number of aromatic amines is 1. The zero-order valence-corrected chi connectivity index (χ0v) is 20.4. The highest BCUT2D eigenvalue weighted by Crippen LogP contribution is 2.25. The molecule has 2 N–H and O–H groups in total. The number of halogens is 1. The van der Waals surface area contributed by atoms with Gasteiger partial charge in [-0.1, -0.05) is 29.8 Å². The largest absolute Gasteiger partial charge is 0.497 e. The van der Waals surface area contributed by atoms with Crippen molar-refractivity contribution in [1.29, 1.82) is 0 Å². The highest BCUT2D eigenvalue weighted by atomic mass is 35.5. The van der Waals surface area contributed by atoms with Gasteiger partial charge in [0.15, 0.2) is 0 Å². The first-order chi connectivity index (χ1) is 16.4. The first kappa shape index (κ1) is 23.5. The standard InChI is InChI=1S/C27H29ClN4O2/c1-31(2)23-9-7-19(8-10-23)18-32(27(33)30-22-6-4-5-21(28)15-22)14-13-20-17-29-26-12-11-24(34-3)16-25(20)26/h4-12,15-17,29H,13-14,18H2,1-3H3,(H,30,33). The van der Waals surface area contributed by atoms with Crippen LogP contribution in [0.1, 0.15) is 11.1 Å². The van der Waals surface area contributed by atoms with Crippen LogP contribution in [-0.2, 0) is 13.0 Å². The molecule has 0 aliphatic heterocycles. The van der Waals surface area contributed by atoms with Gasteiger partial charge < -0.3 is 24.8 Å². The lowest BCUT2D eigenvalue weighted by atomic mass is 10.1. The van der Waals surface area contributed by atoms with Gasteiger partial charge in [0.25, 0.3) is 0 Å². The molecule has 0 saturated carbocycles. The molecule has 7 heteroatoms. The Labute approximate surface area is 205 Å². The predicted molar refractivity (Wildman–Crippen MR) is 140 cm³/mol. The zero-order chi connectivity index (χ0) is 24.1. The summed E-state index contributed by atoms with van der Waals surface area (Å²) < 4.78 is 5.39. The number of nitrogens with zero attached hydrogens (tertiary/aromatic N) is 2. The molecule has 1 aromatic heterocycles. The Kier molecular flexibility index (Phi) is 7.28. The maximum Gasteiger partial charge on any atom is 0.322 e. The normalized spacial score (nSPS) is 10.8. The lowest BCUT2D eigenvalue weighted by molar-refractivity contribution is 0.210. The summed E-state index contributed by atoms with van der Waals surface area (Å²) in [7, 11) is 5.68. The minimum atomic E-state index is -0.170. The second kappa shape index (κ2) is 10.5. The molecule has 0 unspecified atom stereocenters. The van der Waals surface area contributed by atoms with E-state index in [-0.39, 0.29) is 6.03 Å². The maximum atomic E-state index is 13.3. The highest BCUT2D eigenvalue weighted by Gasteiger charge is 2.16. The van der Waals surface area contributed by atoms with Crippen LogP contribution < -0.4 is 15.0 Å². The van der Waals surface area contributed by atoms with Gasteiger partial charge in [-0.3, -0.25) is 0 Å². The molecule has 2 amide bonds. The van der Waals surface area contributed by atoms with Gasteiger partial charge in [0, 0.05) is 60.7 Å². The molecule has 0 fully saturated rings. The molecule has 0 aliphatic carbocycles. The number of anilines is 2. The van der Waals surface area contributed by atoms with Crippen molar-refractivity contribution >= 4 is 39.9 Å². The van der Waals surface area contributed by atoms with E-state index in [1.807, 2.05) is 55.5 Å². The van der Waals surface area contributed by atoms with E-state index in [0.29, 0.717) is 30.2 Å². The van der Waals surface area contributed by atoms with E-state index in [1.54, 1.807) is 19.2 Å². The Morgan fingerprint density at radius 1 is 1.06 bits per heavy atom. The zero-order valence-electron chi connectivity index (χ0n) is 19.6. The fraction of sp³-hybridized carbons (Fsp3) is 0.222. The van der Waals surface area contributed by atoms with E-state index in [4.69, 9.17) is 16.3 Å². The van der Waals surface area contributed by atoms with Crippen molar-refractivity contribution in [3.8, 4) is 5.75 Å². The topological polar surface area (TPSA) is 60.6 Å². The van der Waals surface area contributed by atoms with Gasteiger partial charge in [0.1, 0.15) is 5.75 Å². The number of amides is 2. The Balaban J connectivity index is 1.54. The molecule has 0 bridgehead atoms. The summed E-state index contributed by atoms with van der Waals surface area (Å²) in [6, 6.07) is 21.2. The molecule has 0 atom stereocenters. The van der Waals surface area contributed by atoms with E-state index < -0.39 is 0 Å². The monoisotopic (exact) mass is 476 g/mol. The number of methoxy groups -OCH3 is 1. The molecule has 34 heavy (non-hydrogen) atoms. The van der Waals surface area contributed by atoms with E-state index >= 15 is 0 Å².